The number of hydrogen-bond donors (Lipinski definition) is 2. The molecule has 3 heteroatoms. The quantitative estimate of drug-likeness (QED) is 0.845. The minimum absolute atomic E-state index is 0.361. The van der Waals surface area contributed by atoms with Crippen LogP contribution in [0, 0.1) is 16.7 Å². The molecule has 0 radical (unpaired) electrons. The van der Waals surface area contributed by atoms with Crippen LogP contribution in [0.5, 0.6) is 0 Å². The van der Waals surface area contributed by atoms with Crippen molar-refractivity contribution in [2.24, 2.45) is 16.7 Å². The van der Waals surface area contributed by atoms with Crippen LogP contribution in [-0.2, 0) is 0 Å². The van der Waals surface area contributed by atoms with Crippen molar-refractivity contribution >= 4 is 11.3 Å². The Bertz CT molecular complexity index is 356. The third-order valence-corrected chi connectivity index (χ3v) is 5.85. The molecule has 0 aromatic carbocycles. The summed E-state index contributed by atoms with van der Waals surface area (Å²) in [5, 5.41) is 15.4. The fourth-order valence-corrected chi connectivity index (χ4v) is 3.50. The van der Waals surface area contributed by atoms with Crippen LogP contribution in [0.25, 0.3) is 0 Å². The highest BCUT2D eigenvalue weighted by Crippen LogP contribution is 2.67. The van der Waals surface area contributed by atoms with E-state index in [2.05, 4.69) is 33.0 Å². The first kappa shape index (κ1) is 13.1. The Morgan fingerprint density at radius 1 is 1.35 bits per heavy atom. The SMILES string of the molecule is CC1(C)C(CNCC(O)c2cccs2)C1(C)C. The van der Waals surface area contributed by atoms with Gasteiger partial charge in [0, 0.05) is 11.4 Å². The lowest BCUT2D eigenvalue weighted by Crippen LogP contribution is -2.24. The number of nitrogens with one attached hydrogen (secondary N) is 1. The molecular formula is C14H23NOS. The van der Waals surface area contributed by atoms with Gasteiger partial charge >= 0.3 is 0 Å². The van der Waals surface area contributed by atoms with E-state index in [0.717, 1.165) is 11.4 Å². The van der Waals surface area contributed by atoms with Crippen LogP contribution in [-0.4, -0.2) is 18.2 Å². The summed E-state index contributed by atoms with van der Waals surface area (Å²) in [4.78, 5) is 1.05. The van der Waals surface area contributed by atoms with Crippen molar-refractivity contribution in [2.75, 3.05) is 13.1 Å². The smallest absolute Gasteiger partial charge is 0.101 e. The Morgan fingerprint density at radius 3 is 2.47 bits per heavy atom. The summed E-state index contributed by atoms with van der Waals surface area (Å²) in [5.41, 5.74) is 0.849. The first-order valence-electron chi connectivity index (χ1n) is 6.29. The minimum Gasteiger partial charge on any atom is -0.386 e. The minimum atomic E-state index is -0.361. The van der Waals surface area contributed by atoms with Crippen LogP contribution in [0.4, 0.5) is 0 Å². The summed E-state index contributed by atoms with van der Waals surface area (Å²) in [5.74, 6) is 0.713. The molecule has 17 heavy (non-hydrogen) atoms. The van der Waals surface area contributed by atoms with Crippen LogP contribution < -0.4 is 5.32 Å². The van der Waals surface area contributed by atoms with E-state index in [4.69, 9.17) is 0 Å². The van der Waals surface area contributed by atoms with E-state index in [9.17, 15) is 5.11 Å². The second-order valence-corrected chi connectivity index (χ2v) is 7.16. The summed E-state index contributed by atoms with van der Waals surface area (Å²) in [6.07, 6.45) is -0.361. The van der Waals surface area contributed by atoms with Crippen LogP contribution in [0.15, 0.2) is 17.5 Å². The van der Waals surface area contributed by atoms with Gasteiger partial charge < -0.3 is 10.4 Å². The van der Waals surface area contributed by atoms with E-state index in [0.29, 0.717) is 23.3 Å². The molecule has 1 aromatic rings. The number of hydrogen-bond acceptors (Lipinski definition) is 3. The van der Waals surface area contributed by atoms with Gasteiger partial charge in [-0.25, -0.2) is 0 Å². The van der Waals surface area contributed by atoms with Gasteiger partial charge in [0.2, 0.25) is 0 Å². The fraction of sp³-hybridized carbons (Fsp3) is 0.714. The first-order chi connectivity index (χ1) is 7.87. The zero-order valence-corrected chi connectivity index (χ0v) is 12.0. The van der Waals surface area contributed by atoms with Gasteiger partial charge in [-0.05, 0) is 34.7 Å². The molecule has 1 aliphatic carbocycles. The zero-order valence-electron chi connectivity index (χ0n) is 11.2. The molecule has 0 bridgehead atoms. The topological polar surface area (TPSA) is 32.3 Å². The molecule has 1 fully saturated rings. The van der Waals surface area contributed by atoms with Crippen molar-refractivity contribution in [3.05, 3.63) is 22.4 Å². The van der Waals surface area contributed by atoms with Crippen molar-refractivity contribution in [3.63, 3.8) is 0 Å². The van der Waals surface area contributed by atoms with E-state index < -0.39 is 0 Å². The lowest BCUT2D eigenvalue weighted by atomic mass is 10.0. The van der Waals surface area contributed by atoms with Gasteiger partial charge in [-0.3, -0.25) is 0 Å². The zero-order chi connectivity index (χ0) is 12.7. The van der Waals surface area contributed by atoms with Gasteiger partial charge in [0.1, 0.15) is 6.10 Å². The third kappa shape index (κ3) is 2.28. The monoisotopic (exact) mass is 253 g/mol. The van der Waals surface area contributed by atoms with Crippen LogP contribution >= 0.6 is 11.3 Å². The van der Waals surface area contributed by atoms with Crippen molar-refractivity contribution in [3.8, 4) is 0 Å². The number of aliphatic hydroxyl groups excluding tert-OH is 1. The average molecular weight is 253 g/mol. The average Bonchev–Trinajstić information content (AvgIpc) is 2.69. The van der Waals surface area contributed by atoms with Crippen LogP contribution in [0.2, 0.25) is 0 Å². The van der Waals surface area contributed by atoms with Gasteiger partial charge in [-0.2, -0.15) is 0 Å². The molecular weight excluding hydrogens is 230 g/mol. The van der Waals surface area contributed by atoms with Crippen LogP contribution in [0.3, 0.4) is 0 Å². The molecule has 0 spiro atoms. The summed E-state index contributed by atoms with van der Waals surface area (Å²) in [6.45, 7) is 11.0. The molecule has 0 aliphatic heterocycles. The lowest BCUT2D eigenvalue weighted by molar-refractivity contribution is 0.177. The standard InChI is InChI=1S/C14H23NOS/c1-13(2)12(14(13,3)4)9-15-8-10(16)11-6-5-7-17-11/h5-7,10,12,15-16H,8-9H2,1-4H3. The molecule has 1 atom stereocenters. The molecule has 0 amide bonds. The molecule has 2 N–H and O–H groups in total. The molecule has 2 rings (SSSR count). The maximum atomic E-state index is 9.95. The Morgan fingerprint density at radius 2 is 2.00 bits per heavy atom. The fourth-order valence-electron chi connectivity index (χ4n) is 2.79. The highest BCUT2D eigenvalue weighted by molar-refractivity contribution is 7.10. The van der Waals surface area contributed by atoms with E-state index in [1.54, 1.807) is 11.3 Å². The molecule has 1 unspecified atom stereocenters. The largest absolute Gasteiger partial charge is 0.386 e. The predicted molar refractivity (Wildman–Crippen MR) is 73.2 cm³/mol. The maximum absolute atomic E-state index is 9.95. The first-order valence-corrected chi connectivity index (χ1v) is 7.17. The molecule has 1 heterocycles. The Balaban J connectivity index is 1.75. The van der Waals surface area contributed by atoms with E-state index in [-0.39, 0.29) is 6.10 Å². The predicted octanol–water partition coefficient (Wildman–Crippen LogP) is 3.05. The number of rotatable bonds is 5. The van der Waals surface area contributed by atoms with Gasteiger partial charge in [-0.1, -0.05) is 33.8 Å². The van der Waals surface area contributed by atoms with Crippen molar-refractivity contribution in [1.29, 1.82) is 0 Å². The molecule has 96 valence electrons. The summed E-state index contributed by atoms with van der Waals surface area (Å²) in [6, 6.07) is 3.97. The summed E-state index contributed by atoms with van der Waals surface area (Å²) < 4.78 is 0. The Hall–Kier alpha value is -0.380. The summed E-state index contributed by atoms with van der Waals surface area (Å²) in [7, 11) is 0. The molecule has 1 aliphatic rings. The Labute approximate surface area is 108 Å². The number of thiophene rings is 1. The second kappa shape index (κ2) is 4.38. The van der Waals surface area contributed by atoms with Crippen molar-refractivity contribution in [2.45, 2.75) is 33.8 Å². The van der Waals surface area contributed by atoms with E-state index in [1.165, 1.54) is 0 Å². The normalized spacial score (nSPS) is 23.6. The van der Waals surface area contributed by atoms with Crippen LogP contribution in [0.1, 0.15) is 38.7 Å². The lowest BCUT2D eigenvalue weighted by Gasteiger charge is -2.10. The maximum Gasteiger partial charge on any atom is 0.101 e. The highest BCUT2D eigenvalue weighted by Gasteiger charge is 2.63. The Kier molecular flexibility index (Phi) is 3.36. The van der Waals surface area contributed by atoms with Crippen molar-refractivity contribution in [1.82, 2.24) is 5.32 Å². The molecule has 2 nitrogen and oxygen atoms in total. The molecule has 1 aromatic heterocycles. The number of aliphatic hydroxyl groups is 1. The molecule has 0 saturated heterocycles. The van der Waals surface area contributed by atoms with Gasteiger partial charge in [-0.15, -0.1) is 11.3 Å². The summed E-state index contributed by atoms with van der Waals surface area (Å²) >= 11 is 1.62. The highest BCUT2D eigenvalue weighted by atomic mass is 32.1. The van der Waals surface area contributed by atoms with Gasteiger partial charge in [0.05, 0.1) is 0 Å². The van der Waals surface area contributed by atoms with E-state index in [1.807, 2.05) is 17.5 Å². The second-order valence-electron chi connectivity index (χ2n) is 6.19. The van der Waals surface area contributed by atoms with E-state index >= 15 is 0 Å². The third-order valence-electron chi connectivity index (χ3n) is 4.88. The molecule has 1 saturated carbocycles. The van der Waals surface area contributed by atoms with Gasteiger partial charge in [0.15, 0.2) is 0 Å². The van der Waals surface area contributed by atoms with Crippen molar-refractivity contribution < 1.29 is 5.11 Å². The van der Waals surface area contributed by atoms with Gasteiger partial charge in [0.25, 0.3) is 0 Å².